The van der Waals surface area contributed by atoms with Crippen LogP contribution in [0.25, 0.3) is 0 Å². The van der Waals surface area contributed by atoms with Crippen LogP contribution in [0, 0.1) is 0 Å². The van der Waals surface area contributed by atoms with E-state index in [4.69, 9.17) is 11.6 Å². The molecule has 0 aromatic heterocycles. The van der Waals surface area contributed by atoms with Crippen molar-refractivity contribution in [3.8, 4) is 0 Å². The van der Waals surface area contributed by atoms with E-state index in [0.29, 0.717) is 18.8 Å². The number of amides is 1. The molecule has 2 aliphatic heterocycles. The zero-order chi connectivity index (χ0) is 24.6. The van der Waals surface area contributed by atoms with E-state index in [1.54, 1.807) is 0 Å². The highest BCUT2D eigenvalue weighted by Crippen LogP contribution is 2.54. The molecular weight excluding hydrogens is 456 g/mol. The molecule has 2 atom stereocenters. The Kier molecular flexibility index (Phi) is 6.27. The highest BCUT2D eigenvalue weighted by molar-refractivity contribution is 6.17. The van der Waals surface area contributed by atoms with Crippen LogP contribution in [0.1, 0.15) is 55.4 Å². The minimum absolute atomic E-state index is 0.205. The molecule has 1 N–H and O–H groups in total. The summed E-state index contributed by atoms with van der Waals surface area (Å²) in [7, 11) is 0. The monoisotopic (exact) mass is 488 g/mol. The highest BCUT2D eigenvalue weighted by Gasteiger charge is 2.45. The van der Waals surface area contributed by atoms with Crippen molar-refractivity contribution in [3.63, 3.8) is 0 Å². The van der Waals surface area contributed by atoms with Crippen LogP contribution in [-0.2, 0) is 10.8 Å². The smallest absolute Gasteiger partial charge is 0.411 e. The van der Waals surface area contributed by atoms with Gasteiger partial charge in [0.15, 0.2) is 0 Å². The van der Waals surface area contributed by atoms with Crippen LogP contribution >= 0.6 is 11.6 Å². The fraction of sp³-hybridized carbons (Fsp3) is 0.367. The zero-order valence-electron chi connectivity index (χ0n) is 20.5. The standard InChI is InChI=1S/C30H33ClN2O2/c1-29(22-10-5-3-6-11-22)14-18-32-19-15-30(2,23-12-7-4-8-13-23)26-21-24(20-25(29)27(26)32)33(28(34)35)17-9-16-31/h3-8,10-13,20-21H,9,14-19H2,1-2H3,(H,34,35)/t29-,30+. The summed E-state index contributed by atoms with van der Waals surface area (Å²) in [6.07, 6.45) is 1.65. The molecule has 0 bridgehead atoms. The average molecular weight is 489 g/mol. The molecule has 4 nitrogen and oxygen atoms in total. The summed E-state index contributed by atoms with van der Waals surface area (Å²) < 4.78 is 0. The van der Waals surface area contributed by atoms with E-state index >= 15 is 0 Å². The van der Waals surface area contributed by atoms with Crippen molar-refractivity contribution >= 4 is 29.1 Å². The normalized spacial score (nSPS) is 23.0. The second-order valence-corrected chi connectivity index (χ2v) is 10.6. The minimum atomic E-state index is -0.937. The molecule has 35 heavy (non-hydrogen) atoms. The molecule has 5 rings (SSSR count). The van der Waals surface area contributed by atoms with Crippen molar-refractivity contribution < 1.29 is 9.90 Å². The predicted octanol–water partition coefficient (Wildman–Crippen LogP) is 7.03. The van der Waals surface area contributed by atoms with E-state index in [1.165, 1.54) is 32.8 Å². The van der Waals surface area contributed by atoms with E-state index in [9.17, 15) is 9.90 Å². The third-order valence-electron chi connectivity index (χ3n) is 8.24. The van der Waals surface area contributed by atoms with Gasteiger partial charge in [-0.15, -0.1) is 11.6 Å². The van der Waals surface area contributed by atoms with E-state index in [0.717, 1.165) is 31.6 Å². The molecule has 0 unspecified atom stereocenters. The first kappa shape index (κ1) is 23.7. The molecule has 3 aromatic carbocycles. The van der Waals surface area contributed by atoms with E-state index in [-0.39, 0.29) is 10.8 Å². The van der Waals surface area contributed by atoms with Gasteiger partial charge in [0.1, 0.15) is 0 Å². The van der Waals surface area contributed by atoms with Crippen molar-refractivity contribution in [2.24, 2.45) is 0 Å². The topological polar surface area (TPSA) is 43.8 Å². The summed E-state index contributed by atoms with van der Waals surface area (Å²) in [5, 5.41) is 10.2. The van der Waals surface area contributed by atoms with Gasteiger partial charge in [-0.25, -0.2) is 4.79 Å². The molecular formula is C30H33ClN2O2. The van der Waals surface area contributed by atoms with Gasteiger partial charge in [-0.1, -0.05) is 74.5 Å². The number of nitrogens with zero attached hydrogens (tertiary/aromatic N) is 2. The van der Waals surface area contributed by atoms with Crippen molar-refractivity contribution in [1.82, 2.24) is 0 Å². The molecule has 5 heteroatoms. The lowest BCUT2D eigenvalue weighted by Gasteiger charge is -2.50. The number of carbonyl (C=O) groups is 1. The SMILES string of the molecule is C[C@@]1(c2ccccc2)CCN2CC[C@](C)(c3ccccc3)c3cc(N(CCCCl)C(=O)O)cc1c32. The fourth-order valence-corrected chi connectivity index (χ4v) is 6.16. The number of anilines is 2. The fourth-order valence-electron chi connectivity index (χ4n) is 6.04. The molecule has 0 saturated carbocycles. The Morgan fingerprint density at radius 3 is 1.83 bits per heavy atom. The quantitative estimate of drug-likeness (QED) is 0.379. The Bertz CT molecular complexity index is 1140. The summed E-state index contributed by atoms with van der Waals surface area (Å²) in [6, 6.07) is 25.6. The Morgan fingerprint density at radius 2 is 1.40 bits per heavy atom. The Hall–Kier alpha value is -2.98. The summed E-state index contributed by atoms with van der Waals surface area (Å²) in [5.74, 6) is 0.429. The summed E-state index contributed by atoms with van der Waals surface area (Å²) in [6.45, 7) is 6.99. The number of benzene rings is 3. The van der Waals surface area contributed by atoms with Crippen LogP contribution < -0.4 is 9.80 Å². The van der Waals surface area contributed by atoms with Crippen LogP contribution in [0.2, 0.25) is 0 Å². The Balaban J connectivity index is 1.79. The molecule has 0 spiro atoms. The first-order valence-electron chi connectivity index (χ1n) is 12.5. The number of alkyl halides is 1. The van der Waals surface area contributed by atoms with Crippen molar-refractivity contribution in [2.75, 3.05) is 35.3 Å². The number of rotatable bonds is 6. The van der Waals surface area contributed by atoms with Crippen molar-refractivity contribution in [3.05, 3.63) is 95.1 Å². The maximum Gasteiger partial charge on any atom is 0.411 e. The van der Waals surface area contributed by atoms with E-state index in [1.807, 2.05) is 0 Å². The highest BCUT2D eigenvalue weighted by atomic mass is 35.5. The maximum absolute atomic E-state index is 12.4. The number of hydrogen-bond acceptors (Lipinski definition) is 2. The van der Waals surface area contributed by atoms with Crippen molar-refractivity contribution in [1.29, 1.82) is 0 Å². The van der Waals surface area contributed by atoms with Gasteiger partial charge in [-0.2, -0.15) is 0 Å². The Morgan fingerprint density at radius 1 is 0.914 bits per heavy atom. The second kappa shape index (κ2) is 9.23. The van der Waals surface area contributed by atoms with Crippen LogP contribution in [0.15, 0.2) is 72.8 Å². The van der Waals surface area contributed by atoms with Crippen LogP contribution in [0.5, 0.6) is 0 Å². The van der Waals surface area contributed by atoms with Crippen LogP contribution in [-0.4, -0.2) is 36.7 Å². The molecule has 2 heterocycles. The lowest BCUT2D eigenvalue weighted by molar-refractivity contribution is 0.202. The van der Waals surface area contributed by atoms with Gasteiger partial charge < -0.3 is 10.0 Å². The number of carboxylic acid groups (broad SMARTS) is 1. The van der Waals surface area contributed by atoms with Crippen LogP contribution in [0.3, 0.4) is 0 Å². The second-order valence-electron chi connectivity index (χ2n) is 10.2. The van der Waals surface area contributed by atoms with E-state index in [2.05, 4.69) is 91.5 Å². The summed E-state index contributed by atoms with van der Waals surface area (Å²) >= 11 is 5.96. The van der Waals surface area contributed by atoms with Gasteiger partial charge >= 0.3 is 6.09 Å². The third kappa shape index (κ3) is 3.98. The lowest BCUT2D eigenvalue weighted by atomic mass is 9.64. The van der Waals surface area contributed by atoms with E-state index < -0.39 is 6.09 Å². The number of hydrogen-bond donors (Lipinski definition) is 1. The van der Waals surface area contributed by atoms with Crippen molar-refractivity contribution in [2.45, 2.75) is 43.9 Å². The van der Waals surface area contributed by atoms with Gasteiger partial charge in [0, 0.05) is 47.7 Å². The molecule has 0 aliphatic carbocycles. The van der Waals surface area contributed by atoms with Gasteiger partial charge in [0.05, 0.1) is 0 Å². The molecule has 1 amide bonds. The third-order valence-corrected chi connectivity index (χ3v) is 8.51. The molecule has 0 radical (unpaired) electrons. The first-order valence-corrected chi connectivity index (χ1v) is 13.0. The largest absolute Gasteiger partial charge is 0.465 e. The summed E-state index contributed by atoms with van der Waals surface area (Å²) in [4.78, 5) is 16.4. The lowest BCUT2D eigenvalue weighted by Crippen LogP contribution is -2.47. The molecule has 2 aliphatic rings. The van der Waals surface area contributed by atoms with Crippen LogP contribution in [0.4, 0.5) is 16.2 Å². The first-order chi connectivity index (χ1) is 16.9. The van der Waals surface area contributed by atoms with Gasteiger partial charge in [-0.05, 0) is 53.6 Å². The molecule has 182 valence electrons. The number of halogens is 1. The zero-order valence-corrected chi connectivity index (χ0v) is 21.3. The molecule has 0 saturated heterocycles. The predicted molar refractivity (Wildman–Crippen MR) is 144 cm³/mol. The van der Waals surface area contributed by atoms with Gasteiger partial charge in [0.25, 0.3) is 0 Å². The van der Waals surface area contributed by atoms with Gasteiger partial charge in [-0.3, -0.25) is 4.90 Å². The molecule has 3 aromatic rings. The minimum Gasteiger partial charge on any atom is -0.465 e. The summed E-state index contributed by atoms with van der Waals surface area (Å²) in [5.41, 5.74) is 6.61. The van der Waals surface area contributed by atoms with Gasteiger partial charge in [0.2, 0.25) is 0 Å². The molecule has 0 fully saturated rings. The Labute approximate surface area is 213 Å². The maximum atomic E-state index is 12.4. The average Bonchev–Trinajstić information content (AvgIpc) is 2.89.